The summed E-state index contributed by atoms with van der Waals surface area (Å²) in [5, 5.41) is 9.53. The van der Waals surface area contributed by atoms with Crippen LogP contribution in [0.3, 0.4) is 0 Å². The molecule has 0 aliphatic rings. The molecule has 1 heterocycles. The summed E-state index contributed by atoms with van der Waals surface area (Å²) in [5.41, 5.74) is 1.88. The van der Waals surface area contributed by atoms with Crippen molar-refractivity contribution in [3.05, 3.63) is 23.8 Å². The minimum Gasteiger partial charge on any atom is -0.393 e. The molecule has 0 saturated heterocycles. The third kappa shape index (κ3) is 3.51. The van der Waals surface area contributed by atoms with Crippen LogP contribution in [0.2, 0.25) is 0 Å². The van der Waals surface area contributed by atoms with Gasteiger partial charge in [0.2, 0.25) is 0 Å². The average molecular weight is 180 g/mol. The number of aromatic nitrogens is 2. The van der Waals surface area contributed by atoms with Crippen molar-refractivity contribution in [1.29, 1.82) is 0 Å². The van der Waals surface area contributed by atoms with E-state index < -0.39 is 0 Å². The highest BCUT2D eigenvalue weighted by Gasteiger charge is 2.05. The van der Waals surface area contributed by atoms with Crippen LogP contribution in [-0.2, 0) is 6.42 Å². The third-order valence-electron chi connectivity index (χ3n) is 1.93. The summed E-state index contributed by atoms with van der Waals surface area (Å²) >= 11 is 0. The van der Waals surface area contributed by atoms with E-state index in [1.54, 1.807) is 6.33 Å². The largest absolute Gasteiger partial charge is 0.393 e. The van der Waals surface area contributed by atoms with Gasteiger partial charge in [0.1, 0.15) is 6.33 Å². The van der Waals surface area contributed by atoms with E-state index in [1.807, 2.05) is 13.0 Å². The smallest absolute Gasteiger partial charge is 0.115 e. The Morgan fingerprint density at radius 1 is 1.46 bits per heavy atom. The van der Waals surface area contributed by atoms with E-state index in [1.165, 1.54) is 0 Å². The van der Waals surface area contributed by atoms with Gasteiger partial charge in [0.25, 0.3) is 0 Å². The first-order valence-electron chi connectivity index (χ1n) is 4.68. The van der Waals surface area contributed by atoms with Crippen molar-refractivity contribution in [2.24, 2.45) is 0 Å². The van der Waals surface area contributed by atoms with Crippen LogP contribution in [0.4, 0.5) is 0 Å². The van der Waals surface area contributed by atoms with E-state index >= 15 is 0 Å². The van der Waals surface area contributed by atoms with E-state index in [4.69, 9.17) is 0 Å². The molecule has 0 aliphatic carbocycles. The Labute approximate surface area is 78.9 Å². The van der Waals surface area contributed by atoms with Gasteiger partial charge in [0.05, 0.1) is 6.10 Å². The molecule has 3 heteroatoms. The highest BCUT2D eigenvalue weighted by molar-refractivity contribution is 5.07. The number of nitrogens with zero attached hydrogens (tertiary/aromatic N) is 2. The van der Waals surface area contributed by atoms with Crippen LogP contribution in [0, 0.1) is 6.92 Å². The molecule has 0 spiro atoms. The summed E-state index contributed by atoms with van der Waals surface area (Å²) < 4.78 is 0. The van der Waals surface area contributed by atoms with Crippen molar-refractivity contribution < 1.29 is 5.11 Å². The zero-order chi connectivity index (χ0) is 9.68. The number of rotatable bonds is 4. The van der Waals surface area contributed by atoms with Crippen LogP contribution in [0.15, 0.2) is 12.4 Å². The van der Waals surface area contributed by atoms with Crippen molar-refractivity contribution in [2.45, 2.75) is 39.2 Å². The SMILES string of the molecule is CCCC(O)Cc1cc(C)ncn1. The van der Waals surface area contributed by atoms with Gasteiger partial charge >= 0.3 is 0 Å². The topological polar surface area (TPSA) is 46.0 Å². The first-order valence-corrected chi connectivity index (χ1v) is 4.68. The normalized spacial score (nSPS) is 12.8. The predicted octanol–water partition coefficient (Wildman–Crippen LogP) is 1.49. The fourth-order valence-electron chi connectivity index (χ4n) is 1.30. The molecule has 3 nitrogen and oxygen atoms in total. The van der Waals surface area contributed by atoms with Crippen LogP contribution in [0.5, 0.6) is 0 Å². The van der Waals surface area contributed by atoms with E-state index in [0.29, 0.717) is 6.42 Å². The van der Waals surface area contributed by atoms with E-state index in [9.17, 15) is 5.11 Å². The molecule has 1 atom stereocenters. The number of hydrogen-bond donors (Lipinski definition) is 1. The summed E-state index contributed by atoms with van der Waals surface area (Å²) in [6, 6.07) is 1.92. The summed E-state index contributed by atoms with van der Waals surface area (Å²) in [6.45, 7) is 3.99. The highest BCUT2D eigenvalue weighted by Crippen LogP contribution is 2.05. The number of aliphatic hydroxyl groups is 1. The number of hydrogen-bond acceptors (Lipinski definition) is 3. The lowest BCUT2D eigenvalue weighted by Crippen LogP contribution is -2.11. The highest BCUT2D eigenvalue weighted by atomic mass is 16.3. The van der Waals surface area contributed by atoms with E-state index in [0.717, 1.165) is 24.2 Å². The van der Waals surface area contributed by atoms with Crippen LogP contribution < -0.4 is 0 Å². The second kappa shape index (κ2) is 4.92. The fourth-order valence-corrected chi connectivity index (χ4v) is 1.30. The van der Waals surface area contributed by atoms with Crippen LogP contribution in [-0.4, -0.2) is 21.2 Å². The van der Waals surface area contributed by atoms with Gasteiger partial charge < -0.3 is 5.11 Å². The molecule has 0 aromatic carbocycles. The molecule has 0 radical (unpaired) electrons. The van der Waals surface area contributed by atoms with Gasteiger partial charge in [-0.2, -0.15) is 0 Å². The van der Waals surface area contributed by atoms with Crippen LogP contribution in [0.1, 0.15) is 31.2 Å². The van der Waals surface area contributed by atoms with Gasteiger partial charge in [-0.25, -0.2) is 9.97 Å². The maximum atomic E-state index is 9.53. The molecule has 1 rings (SSSR count). The molecule has 0 bridgehead atoms. The Balaban J connectivity index is 2.53. The number of aliphatic hydroxyl groups excluding tert-OH is 1. The lowest BCUT2D eigenvalue weighted by atomic mass is 10.1. The molecule has 1 unspecified atom stereocenters. The molecular weight excluding hydrogens is 164 g/mol. The van der Waals surface area contributed by atoms with Gasteiger partial charge in [-0.3, -0.25) is 0 Å². The Hall–Kier alpha value is -0.960. The minimum atomic E-state index is -0.265. The predicted molar refractivity (Wildman–Crippen MR) is 51.4 cm³/mol. The van der Waals surface area contributed by atoms with Gasteiger partial charge in [-0.05, 0) is 19.4 Å². The molecule has 13 heavy (non-hydrogen) atoms. The van der Waals surface area contributed by atoms with Gasteiger partial charge in [-0.1, -0.05) is 13.3 Å². The number of aryl methyl sites for hydroxylation is 1. The van der Waals surface area contributed by atoms with Crippen molar-refractivity contribution in [3.8, 4) is 0 Å². The van der Waals surface area contributed by atoms with Crippen LogP contribution in [0.25, 0.3) is 0 Å². The molecule has 72 valence electrons. The van der Waals surface area contributed by atoms with Crippen molar-refractivity contribution in [2.75, 3.05) is 0 Å². The van der Waals surface area contributed by atoms with Gasteiger partial charge in [-0.15, -0.1) is 0 Å². The quantitative estimate of drug-likeness (QED) is 0.763. The molecule has 0 saturated carbocycles. The summed E-state index contributed by atoms with van der Waals surface area (Å²) in [7, 11) is 0. The lowest BCUT2D eigenvalue weighted by Gasteiger charge is -2.07. The summed E-state index contributed by atoms with van der Waals surface area (Å²) in [4.78, 5) is 8.09. The minimum absolute atomic E-state index is 0.265. The second-order valence-corrected chi connectivity index (χ2v) is 3.30. The Morgan fingerprint density at radius 3 is 2.85 bits per heavy atom. The van der Waals surface area contributed by atoms with Gasteiger partial charge in [0.15, 0.2) is 0 Å². The maximum Gasteiger partial charge on any atom is 0.115 e. The summed E-state index contributed by atoms with van der Waals surface area (Å²) in [5.74, 6) is 0. The van der Waals surface area contributed by atoms with Gasteiger partial charge in [0, 0.05) is 17.8 Å². The van der Waals surface area contributed by atoms with Crippen molar-refractivity contribution >= 4 is 0 Å². The van der Waals surface area contributed by atoms with Crippen molar-refractivity contribution in [1.82, 2.24) is 9.97 Å². The van der Waals surface area contributed by atoms with E-state index in [2.05, 4.69) is 16.9 Å². The molecular formula is C10H16N2O. The zero-order valence-electron chi connectivity index (χ0n) is 8.20. The van der Waals surface area contributed by atoms with Crippen molar-refractivity contribution in [3.63, 3.8) is 0 Å². The molecule has 1 aromatic heterocycles. The first kappa shape index (κ1) is 10.1. The lowest BCUT2D eigenvalue weighted by molar-refractivity contribution is 0.162. The molecule has 0 amide bonds. The van der Waals surface area contributed by atoms with E-state index in [-0.39, 0.29) is 6.10 Å². The Bertz CT molecular complexity index is 263. The molecule has 0 aliphatic heterocycles. The summed E-state index contributed by atoms with van der Waals surface area (Å²) in [6.07, 6.45) is 3.76. The fraction of sp³-hybridized carbons (Fsp3) is 0.600. The Kier molecular flexibility index (Phi) is 3.83. The second-order valence-electron chi connectivity index (χ2n) is 3.30. The average Bonchev–Trinajstić information content (AvgIpc) is 2.04. The molecule has 0 fully saturated rings. The zero-order valence-corrected chi connectivity index (χ0v) is 8.20. The monoisotopic (exact) mass is 180 g/mol. The maximum absolute atomic E-state index is 9.53. The first-order chi connectivity index (χ1) is 6.22. The molecule has 1 N–H and O–H groups in total. The third-order valence-corrected chi connectivity index (χ3v) is 1.93. The van der Waals surface area contributed by atoms with Crippen LogP contribution >= 0.6 is 0 Å². The molecule has 1 aromatic rings. The Morgan fingerprint density at radius 2 is 2.23 bits per heavy atom. The standard InChI is InChI=1S/C10H16N2O/c1-3-4-10(13)6-9-5-8(2)11-7-12-9/h5,7,10,13H,3-4,6H2,1-2H3.